The molecule has 108 valence electrons. The third kappa shape index (κ3) is 2.65. The molecule has 0 spiro atoms. The highest BCUT2D eigenvalue weighted by Crippen LogP contribution is 2.37. The summed E-state index contributed by atoms with van der Waals surface area (Å²) in [4.78, 5) is 8.46. The van der Waals surface area contributed by atoms with Gasteiger partial charge in [0.1, 0.15) is 0 Å². The van der Waals surface area contributed by atoms with Crippen LogP contribution in [-0.2, 0) is 12.0 Å². The maximum absolute atomic E-state index is 4.61. The van der Waals surface area contributed by atoms with Crippen LogP contribution in [0.4, 0.5) is 0 Å². The number of aromatic amines is 1. The first-order valence-electron chi connectivity index (χ1n) is 7.21. The molecule has 0 saturated carbocycles. The fourth-order valence-corrected chi connectivity index (χ4v) is 3.79. The Morgan fingerprint density at radius 1 is 1.30 bits per heavy atom. The second kappa shape index (κ2) is 5.30. The summed E-state index contributed by atoms with van der Waals surface area (Å²) in [5.41, 5.74) is 2.77. The van der Waals surface area contributed by atoms with Crippen LogP contribution in [0.2, 0.25) is 0 Å². The molecule has 0 amide bonds. The molecule has 4 nitrogen and oxygen atoms in total. The van der Waals surface area contributed by atoms with Crippen molar-refractivity contribution in [1.82, 2.24) is 20.1 Å². The molecule has 1 N–H and O–H groups in total. The second-order valence-electron chi connectivity index (χ2n) is 6.13. The van der Waals surface area contributed by atoms with E-state index in [9.17, 15) is 0 Å². The van der Waals surface area contributed by atoms with E-state index < -0.39 is 0 Å². The van der Waals surface area contributed by atoms with Crippen molar-refractivity contribution in [2.45, 2.75) is 45.6 Å². The molecular formula is C15H22N4S. The highest BCUT2D eigenvalue weighted by atomic mass is 32.1. The number of aryl methyl sites for hydroxylation is 2. The maximum atomic E-state index is 4.61. The number of aromatic nitrogens is 3. The number of piperidine rings is 1. The lowest BCUT2D eigenvalue weighted by Crippen LogP contribution is -2.40. The number of thiazole rings is 1. The quantitative estimate of drug-likeness (QED) is 0.945. The molecule has 0 radical (unpaired) electrons. The number of hydrogen-bond acceptors (Lipinski definition) is 4. The van der Waals surface area contributed by atoms with E-state index in [-0.39, 0.29) is 5.41 Å². The van der Waals surface area contributed by atoms with Gasteiger partial charge in [0.05, 0.1) is 11.2 Å². The van der Waals surface area contributed by atoms with Crippen molar-refractivity contribution in [2.75, 3.05) is 13.1 Å². The molecule has 1 aliphatic heterocycles. The van der Waals surface area contributed by atoms with Crippen molar-refractivity contribution in [3.8, 4) is 0 Å². The molecule has 3 heterocycles. The Morgan fingerprint density at radius 3 is 2.60 bits per heavy atom. The van der Waals surface area contributed by atoms with E-state index in [1.165, 1.54) is 34.0 Å². The Hall–Kier alpha value is -1.20. The Kier molecular flexibility index (Phi) is 3.65. The number of likely N-dealkylation sites (tertiary alicyclic amines) is 1. The van der Waals surface area contributed by atoms with Gasteiger partial charge >= 0.3 is 0 Å². The molecular weight excluding hydrogens is 268 g/mol. The summed E-state index contributed by atoms with van der Waals surface area (Å²) < 4.78 is 0. The normalized spacial score (nSPS) is 19.4. The van der Waals surface area contributed by atoms with Crippen molar-refractivity contribution in [3.05, 3.63) is 33.5 Å². The highest BCUT2D eigenvalue weighted by molar-refractivity contribution is 7.11. The number of rotatable bonds is 3. The second-order valence-corrected chi connectivity index (χ2v) is 7.37. The van der Waals surface area contributed by atoms with Gasteiger partial charge in [-0.05, 0) is 39.8 Å². The number of hydrogen-bond donors (Lipinski definition) is 1. The Morgan fingerprint density at radius 2 is 2.05 bits per heavy atom. The Bertz CT molecular complexity index is 578. The van der Waals surface area contributed by atoms with Gasteiger partial charge in [-0.2, -0.15) is 5.10 Å². The summed E-state index contributed by atoms with van der Waals surface area (Å²) in [6, 6.07) is 0. The van der Waals surface area contributed by atoms with Gasteiger partial charge in [-0.25, -0.2) is 4.98 Å². The first-order chi connectivity index (χ1) is 9.57. The molecule has 2 aromatic heterocycles. The van der Waals surface area contributed by atoms with E-state index in [0.717, 1.165) is 19.6 Å². The average molecular weight is 290 g/mol. The zero-order valence-corrected chi connectivity index (χ0v) is 13.3. The molecule has 3 rings (SSSR count). The van der Waals surface area contributed by atoms with Gasteiger partial charge in [0.25, 0.3) is 0 Å². The van der Waals surface area contributed by atoms with E-state index in [0.29, 0.717) is 0 Å². The molecule has 0 atom stereocenters. The molecule has 5 heteroatoms. The molecule has 20 heavy (non-hydrogen) atoms. The van der Waals surface area contributed by atoms with Crippen LogP contribution in [0, 0.1) is 13.8 Å². The first-order valence-corrected chi connectivity index (χ1v) is 8.03. The lowest BCUT2D eigenvalue weighted by Gasteiger charge is -2.38. The smallest absolute Gasteiger partial charge is 0.0987 e. The monoisotopic (exact) mass is 290 g/mol. The number of nitrogens with one attached hydrogen (secondary N) is 1. The minimum atomic E-state index is 0.265. The van der Waals surface area contributed by atoms with Crippen molar-refractivity contribution in [1.29, 1.82) is 0 Å². The molecule has 1 fully saturated rings. The number of H-pyrrole nitrogens is 1. The van der Waals surface area contributed by atoms with Gasteiger partial charge in [-0.1, -0.05) is 6.92 Å². The maximum Gasteiger partial charge on any atom is 0.0987 e. The Labute approximate surface area is 124 Å². The van der Waals surface area contributed by atoms with Gasteiger partial charge in [0.2, 0.25) is 0 Å². The Balaban J connectivity index is 1.63. The van der Waals surface area contributed by atoms with Gasteiger partial charge < -0.3 is 0 Å². The lowest BCUT2D eigenvalue weighted by atomic mass is 9.81. The van der Waals surface area contributed by atoms with E-state index in [1.54, 1.807) is 0 Å². The predicted octanol–water partition coefficient (Wildman–Crippen LogP) is 3.04. The predicted molar refractivity (Wildman–Crippen MR) is 82.0 cm³/mol. The summed E-state index contributed by atoms with van der Waals surface area (Å²) in [5, 5.41) is 8.44. The third-order valence-electron chi connectivity index (χ3n) is 4.43. The largest absolute Gasteiger partial charge is 0.299 e. The summed E-state index contributed by atoms with van der Waals surface area (Å²) in [5.74, 6) is 0. The first kappa shape index (κ1) is 13.8. The third-order valence-corrected chi connectivity index (χ3v) is 5.64. The summed E-state index contributed by atoms with van der Waals surface area (Å²) in [6.07, 6.45) is 6.34. The van der Waals surface area contributed by atoms with Crippen LogP contribution >= 0.6 is 11.3 Å². The molecule has 1 saturated heterocycles. The fourth-order valence-electron chi connectivity index (χ4n) is 2.83. The van der Waals surface area contributed by atoms with Crippen LogP contribution in [0.5, 0.6) is 0 Å². The highest BCUT2D eigenvalue weighted by Gasteiger charge is 2.34. The van der Waals surface area contributed by atoms with Crippen LogP contribution in [0.3, 0.4) is 0 Å². The topological polar surface area (TPSA) is 44.8 Å². The fraction of sp³-hybridized carbons (Fsp3) is 0.600. The van der Waals surface area contributed by atoms with Gasteiger partial charge in [0, 0.05) is 34.3 Å². The van der Waals surface area contributed by atoms with Crippen LogP contribution in [0.15, 0.2) is 12.4 Å². The van der Waals surface area contributed by atoms with Crippen LogP contribution in [-0.4, -0.2) is 33.2 Å². The van der Waals surface area contributed by atoms with Crippen LogP contribution in [0.25, 0.3) is 0 Å². The van der Waals surface area contributed by atoms with Crippen LogP contribution < -0.4 is 0 Å². The van der Waals surface area contributed by atoms with Gasteiger partial charge in [0.15, 0.2) is 0 Å². The van der Waals surface area contributed by atoms with E-state index >= 15 is 0 Å². The molecule has 0 bridgehead atoms. The summed E-state index contributed by atoms with van der Waals surface area (Å²) in [6.45, 7) is 9.89. The molecule has 0 aliphatic carbocycles. The minimum Gasteiger partial charge on any atom is -0.299 e. The molecule has 1 aliphatic rings. The average Bonchev–Trinajstić information content (AvgIpc) is 3.03. The SMILES string of the molecule is Cc1cnc(C2(C)CCN(Cc3cn[nH]c3C)CC2)s1. The van der Waals surface area contributed by atoms with Gasteiger partial charge in [-0.15, -0.1) is 11.3 Å². The lowest BCUT2D eigenvalue weighted by molar-refractivity contribution is 0.161. The van der Waals surface area contributed by atoms with Crippen molar-refractivity contribution >= 4 is 11.3 Å². The molecule has 2 aromatic rings. The zero-order valence-electron chi connectivity index (χ0n) is 12.4. The van der Waals surface area contributed by atoms with Crippen molar-refractivity contribution in [3.63, 3.8) is 0 Å². The molecule has 0 aromatic carbocycles. The standard InChI is InChI=1S/C15H22N4S/c1-11-8-16-14(20-11)15(3)4-6-19(7-5-15)10-13-9-17-18-12(13)2/h8-9H,4-7,10H2,1-3H3,(H,17,18). The zero-order chi connectivity index (χ0) is 14.2. The van der Waals surface area contributed by atoms with Crippen LogP contribution in [0.1, 0.15) is 40.9 Å². The van der Waals surface area contributed by atoms with E-state index in [4.69, 9.17) is 0 Å². The minimum absolute atomic E-state index is 0.265. The van der Waals surface area contributed by atoms with Crippen molar-refractivity contribution < 1.29 is 0 Å². The van der Waals surface area contributed by atoms with E-state index in [2.05, 4.69) is 40.9 Å². The summed E-state index contributed by atoms with van der Waals surface area (Å²) in [7, 11) is 0. The molecule has 0 unspecified atom stereocenters. The summed E-state index contributed by atoms with van der Waals surface area (Å²) >= 11 is 1.86. The van der Waals surface area contributed by atoms with Gasteiger partial charge in [-0.3, -0.25) is 10.00 Å². The van der Waals surface area contributed by atoms with E-state index in [1.807, 2.05) is 23.7 Å². The number of nitrogens with zero attached hydrogens (tertiary/aromatic N) is 3. The van der Waals surface area contributed by atoms with Crippen molar-refractivity contribution in [2.24, 2.45) is 0 Å².